The van der Waals surface area contributed by atoms with E-state index in [1.54, 1.807) is 6.92 Å². The number of pyridine rings is 2. The third-order valence-corrected chi connectivity index (χ3v) is 4.07. The van der Waals surface area contributed by atoms with Crippen molar-refractivity contribution in [3.8, 4) is 11.9 Å². The van der Waals surface area contributed by atoms with Gasteiger partial charge in [0.05, 0.1) is 40.5 Å². The lowest BCUT2D eigenvalue weighted by Crippen LogP contribution is -2.14. The molecular weight excluding hydrogens is 397 g/mol. The SMILES string of the molecule is Cc1c(C(=O)Nc2cnc(Cl)c(C#N)c2)cnn1-c1ccc(C(F)(F)F)cn1. The zero-order valence-electron chi connectivity index (χ0n) is 14.1. The van der Waals surface area contributed by atoms with Crippen LogP contribution in [0.5, 0.6) is 0 Å². The van der Waals surface area contributed by atoms with Crippen LogP contribution in [0.2, 0.25) is 5.15 Å². The number of nitrogens with one attached hydrogen (secondary N) is 1. The van der Waals surface area contributed by atoms with Gasteiger partial charge in [0.2, 0.25) is 0 Å². The Morgan fingerprint density at radius 1 is 1.25 bits per heavy atom. The van der Waals surface area contributed by atoms with Gasteiger partial charge in [-0.05, 0) is 25.1 Å². The van der Waals surface area contributed by atoms with Crippen LogP contribution in [0.4, 0.5) is 18.9 Å². The number of hydrogen-bond acceptors (Lipinski definition) is 5. The van der Waals surface area contributed by atoms with Gasteiger partial charge in [-0.15, -0.1) is 0 Å². The molecule has 1 amide bonds. The van der Waals surface area contributed by atoms with E-state index in [1.165, 1.54) is 23.1 Å². The first-order chi connectivity index (χ1) is 13.2. The summed E-state index contributed by atoms with van der Waals surface area (Å²) in [5.41, 5.74) is 0.0106. The predicted octanol–water partition coefficient (Wildman–Crippen LogP) is 3.77. The number of amides is 1. The Balaban J connectivity index is 1.85. The molecule has 0 spiro atoms. The minimum absolute atomic E-state index is 0.0119. The highest BCUT2D eigenvalue weighted by Crippen LogP contribution is 2.29. The number of halogens is 4. The number of aromatic nitrogens is 4. The number of nitrogens with zero attached hydrogens (tertiary/aromatic N) is 5. The second-order valence-corrected chi connectivity index (χ2v) is 5.94. The first kappa shape index (κ1) is 19.3. The van der Waals surface area contributed by atoms with Crippen LogP contribution in [0.15, 0.2) is 36.8 Å². The predicted molar refractivity (Wildman–Crippen MR) is 93.0 cm³/mol. The summed E-state index contributed by atoms with van der Waals surface area (Å²) in [6, 6.07) is 5.26. The number of alkyl halides is 3. The Morgan fingerprint density at radius 3 is 2.61 bits per heavy atom. The van der Waals surface area contributed by atoms with Crippen molar-refractivity contribution in [3.63, 3.8) is 0 Å². The molecule has 0 unspecified atom stereocenters. The maximum atomic E-state index is 12.6. The second kappa shape index (κ2) is 7.28. The van der Waals surface area contributed by atoms with Crippen LogP contribution < -0.4 is 5.32 Å². The largest absolute Gasteiger partial charge is 0.417 e. The summed E-state index contributed by atoms with van der Waals surface area (Å²) in [6.07, 6.45) is -1.25. The van der Waals surface area contributed by atoms with E-state index in [1.807, 2.05) is 6.07 Å². The van der Waals surface area contributed by atoms with Gasteiger partial charge in [0.15, 0.2) is 5.82 Å². The normalized spacial score (nSPS) is 11.1. The van der Waals surface area contributed by atoms with E-state index >= 15 is 0 Å². The lowest BCUT2D eigenvalue weighted by Gasteiger charge is -2.08. The minimum atomic E-state index is -4.50. The number of carbonyl (C=O) groups is 1. The van der Waals surface area contributed by atoms with E-state index < -0.39 is 17.6 Å². The highest BCUT2D eigenvalue weighted by atomic mass is 35.5. The van der Waals surface area contributed by atoms with Crippen LogP contribution in [-0.2, 0) is 6.18 Å². The molecule has 142 valence electrons. The zero-order valence-corrected chi connectivity index (χ0v) is 14.9. The third-order valence-electron chi connectivity index (χ3n) is 3.76. The van der Waals surface area contributed by atoms with Crippen molar-refractivity contribution >= 4 is 23.2 Å². The van der Waals surface area contributed by atoms with Gasteiger partial charge in [0.1, 0.15) is 11.2 Å². The number of carbonyl (C=O) groups excluding carboxylic acids is 1. The van der Waals surface area contributed by atoms with Crippen molar-refractivity contribution in [3.05, 3.63) is 64.3 Å². The first-order valence-corrected chi connectivity index (χ1v) is 8.03. The van der Waals surface area contributed by atoms with Gasteiger partial charge in [0, 0.05) is 6.20 Å². The quantitative estimate of drug-likeness (QED) is 0.668. The molecule has 0 radical (unpaired) electrons. The lowest BCUT2D eigenvalue weighted by molar-refractivity contribution is -0.137. The molecular formula is C17H10ClF3N6O. The highest BCUT2D eigenvalue weighted by Gasteiger charge is 2.30. The molecule has 0 atom stereocenters. The molecule has 0 fully saturated rings. The van der Waals surface area contributed by atoms with E-state index in [2.05, 4.69) is 20.4 Å². The summed E-state index contributed by atoms with van der Waals surface area (Å²) in [6.45, 7) is 1.57. The van der Waals surface area contributed by atoms with Gasteiger partial charge in [0.25, 0.3) is 5.91 Å². The average Bonchev–Trinajstić information content (AvgIpc) is 3.04. The topological polar surface area (TPSA) is 96.5 Å². The Morgan fingerprint density at radius 2 is 2.00 bits per heavy atom. The van der Waals surface area contributed by atoms with Crippen LogP contribution in [0.3, 0.4) is 0 Å². The van der Waals surface area contributed by atoms with Crippen molar-refractivity contribution in [2.45, 2.75) is 13.1 Å². The number of hydrogen-bond donors (Lipinski definition) is 1. The smallest absolute Gasteiger partial charge is 0.320 e. The standard InChI is InChI=1S/C17H10ClF3N6O/c1-9-13(16(28)26-12-4-10(5-22)15(18)24-7-12)8-25-27(9)14-3-2-11(6-23-14)17(19,20)21/h2-4,6-8H,1H3,(H,26,28). The highest BCUT2D eigenvalue weighted by molar-refractivity contribution is 6.30. The number of anilines is 1. The summed E-state index contributed by atoms with van der Waals surface area (Å²) in [4.78, 5) is 20.0. The van der Waals surface area contributed by atoms with Gasteiger partial charge >= 0.3 is 6.18 Å². The van der Waals surface area contributed by atoms with E-state index in [0.717, 1.165) is 12.1 Å². The number of nitriles is 1. The Kier molecular flexibility index (Phi) is 5.02. The van der Waals surface area contributed by atoms with Crippen LogP contribution in [-0.4, -0.2) is 25.7 Å². The Bertz CT molecular complexity index is 1090. The monoisotopic (exact) mass is 406 g/mol. The maximum Gasteiger partial charge on any atom is 0.417 e. The van der Waals surface area contributed by atoms with Crippen molar-refractivity contribution < 1.29 is 18.0 Å². The molecule has 0 aliphatic carbocycles. The molecule has 28 heavy (non-hydrogen) atoms. The fraction of sp³-hybridized carbons (Fsp3) is 0.118. The van der Waals surface area contributed by atoms with Crippen LogP contribution in [0.1, 0.15) is 27.2 Å². The van der Waals surface area contributed by atoms with Gasteiger partial charge in [-0.3, -0.25) is 4.79 Å². The lowest BCUT2D eigenvalue weighted by atomic mass is 10.2. The Hall–Kier alpha value is -3.45. The van der Waals surface area contributed by atoms with E-state index in [-0.39, 0.29) is 27.8 Å². The first-order valence-electron chi connectivity index (χ1n) is 7.66. The van der Waals surface area contributed by atoms with Gasteiger partial charge < -0.3 is 5.32 Å². The summed E-state index contributed by atoms with van der Waals surface area (Å²) < 4.78 is 39.2. The summed E-state index contributed by atoms with van der Waals surface area (Å²) in [5, 5.41) is 15.5. The molecule has 0 aliphatic rings. The van der Waals surface area contributed by atoms with Gasteiger partial charge in [-0.1, -0.05) is 11.6 Å². The van der Waals surface area contributed by atoms with Gasteiger partial charge in [-0.25, -0.2) is 14.6 Å². The van der Waals surface area contributed by atoms with E-state index in [0.29, 0.717) is 11.9 Å². The molecule has 3 heterocycles. The molecule has 0 saturated carbocycles. The van der Waals surface area contributed by atoms with Crippen molar-refractivity contribution in [2.75, 3.05) is 5.32 Å². The molecule has 0 saturated heterocycles. The van der Waals surface area contributed by atoms with Crippen molar-refractivity contribution in [2.24, 2.45) is 0 Å². The molecule has 0 aromatic carbocycles. The van der Waals surface area contributed by atoms with E-state index in [4.69, 9.17) is 16.9 Å². The molecule has 3 aromatic heterocycles. The summed E-state index contributed by atoms with van der Waals surface area (Å²) in [5.74, 6) is -0.409. The molecule has 0 bridgehead atoms. The fourth-order valence-corrected chi connectivity index (χ4v) is 2.48. The molecule has 3 rings (SSSR count). The molecule has 7 nitrogen and oxygen atoms in total. The Labute approximate surface area is 161 Å². The molecule has 11 heteroatoms. The van der Waals surface area contributed by atoms with Crippen LogP contribution >= 0.6 is 11.6 Å². The summed E-state index contributed by atoms with van der Waals surface area (Å²) in [7, 11) is 0. The maximum absolute atomic E-state index is 12.6. The molecule has 3 aromatic rings. The zero-order chi connectivity index (χ0) is 20.5. The van der Waals surface area contributed by atoms with E-state index in [9.17, 15) is 18.0 Å². The van der Waals surface area contributed by atoms with Crippen LogP contribution in [0, 0.1) is 18.3 Å². The summed E-state index contributed by atoms with van der Waals surface area (Å²) >= 11 is 5.75. The van der Waals surface area contributed by atoms with Crippen LogP contribution in [0.25, 0.3) is 5.82 Å². The second-order valence-electron chi connectivity index (χ2n) is 5.59. The molecule has 1 N–H and O–H groups in total. The van der Waals surface area contributed by atoms with Gasteiger partial charge in [-0.2, -0.15) is 23.5 Å². The minimum Gasteiger partial charge on any atom is -0.320 e. The van der Waals surface area contributed by atoms with Crippen molar-refractivity contribution in [1.82, 2.24) is 19.7 Å². The average molecular weight is 407 g/mol. The fourth-order valence-electron chi connectivity index (χ4n) is 2.34. The van der Waals surface area contributed by atoms with Crippen molar-refractivity contribution in [1.29, 1.82) is 5.26 Å². The third kappa shape index (κ3) is 3.79. The number of rotatable bonds is 3. The molecule has 0 aliphatic heterocycles.